The van der Waals surface area contributed by atoms with E-state index in [4.69, 9.17) is 4.74 Å². The van der Waals surface area contributed by atoms with Crippen LogP contribution >= 0.6 is 0 Å². The van der Waals surface area contributed by atoms with Gasteiger partial charge in [0.15, 0.2) is 0 Å². The molecule has 4 aromatic rings. The van der Waals surface area contributed by atoms with Crippen molar-refractivity contribution >= 4 is 22.6 Å². The normalized spacial score (nSPS) is 11.7. The molecule has 6 nitrogen and oxygen atoms in total. The lowest BCUT2D eigenvalue weighted by Crippen LogP contribution is -2.14. The third kappa shape index (κ3) is 5.62. The highest BCUT2D eigenvalue weighted by atomic mass is 19.4. The number of hydrogen-bond acceptors (Lipinski definition) is 4. The van der Waals surface area contributed by atoms with Gasteiger partial charge >= 0.3 is 6.18 Å². The molecule has 0 saturated heterocycles. The highest BCUT2D eigenvalue weighted by Gasteiger charge is 2.30. The van der Waals surface area contributed by atoms with Gasteiger partial charge in [-0.1, -0.05) is 26.0 Å². The van der Waals surface area contributed by atoms with Crippen molar-refractivity contribution in [3.63, 3.8) is 0 Å². The summed E-state index contributed by atoms with van der Waals surface area (Å²) in [5.74, 6) is 0.651. The summed E-state index contributed by atoms with van der Waals surface area (Å²) >= 11 is 0. The van der Waals surface area contributed by atoms with E-state index in [1.807, 2.05) is 12.3 Å². The average molecular weight is 483 g/mol. The summed E-state index contributed by atoms with van der Waals surface area (Å²) in [6, 6.07) is 13.6. The summed E-state index contributed by atoms with van der Waals surface area (Å²) in [7, 11) is 0. The first-order valence-corrected chi connectivity index (χ1v) is 11.3. The van der Waals surface area contributed by atoms with Crippen LogP contribution in [0.5, 0.6) is 11.6 Å². The number of nitrogens with zero attached hydrogens (tertiary/aromatic N) is 3. The molecule has 0 unspecified atom stereocenters. The van der Waals surface area contributed by atoms with Crippen LogP contribution in [0.4, 0.5) is 18.9 Å². The second-order valence-electron chi connectivity index (χ2n) is 8.16. The zero-order chi connectivity index (χ0) is 25.0. The number of anilines is 1. The van der Waals surface area contributed by atoms with E-state index in [-0.39, 0.29) is 12.3 Å². The van der Waals surface area contributed by atoms with Crippen LogP contribution in [0.3, 0.4) is 0 Å². The van der Waals surface area contributed by atoms with Crippen LogP contribution in [-0.4, -0.2) is 20.4 Å². The summed E-state index contributed by atoms with van der Waals surface area (Å²) in [6.45, 7) is 4.28. The molecule has 0 atom stereocenters. The molecule has 2 aromatic carbocycles. The van der Waals surface area contributed by atoms with Gasteiger partial charge in [0.05, 0.1) is 17.4 Å². The van der Waals surface area contributed by atoms with Gasteiger partial charge in [0.1, 0.15) is 17.7 Å². The summed E-state index contributed by atoms with van der Waals surface area (Å²) in [5, 5.41) is 3.55. The van der Waals surface area contributed by atoms with Gasteiger partial charge in [0, 0.05) is 17.9 Å². The van der Waals surface area contributed by atoms with Crippen LogP contribution in [-0.2, 0) is 17.4 Å². The van der Waals surface area contributed by atoms with Crippen LogP contribution in [0.2, 0.25) is 0 Å². The Morgan fingerprint density at radius 3 is 2.31 bits per heavy atom. The minimum absolute atomic E-state index is 0.0389. The molecule has 0 spiro atoms. The Morgan fingerprint density at radius 2 is 1.69 bits per heavy atom. The molecular weight excluding hydrogens is 457 g/mol. The molecule has 0 radical (unpaired) electrons. The maximum atomic E-state index is 12.7. The van der Waals surface area contributed by atoms with Gasteiger partial charge in [0.25, 0.3) is 0 Å². The molecule has 35 heavy (non-hydrogen) atoms. The number of ether oxygens (including phenoxy) is 1. The lowest BCUT2D eigenvalue weighted by Gasteiger charge is -2.15. The molecule has 1 N–H and O–H groups in total. The molecule has 0 saturated carbocycles. The van der Waals surface area contributed by atoms with Crippen LogP contribution in [0.25, 0.3) is 11.0 Å². The molecular formula is C26H25F3N4O2. The van der Waals surface area contributed by atoms with Crippen molar-refractivity contribution in [2.75, 3.05) is 5.32 Å². The molecule has 0 fully saturated rings. The summed E-state index contributed by atoms with van der Waals surface area (Å²) in [6.07, 6.45) is 1.02. The fraction of sp³-hybridized carbons (Fsp3) is 0.269. The van der Waals surface area contributed by atoms with E-state index < -0.39 is 11.7 Å². The predicted molar refractivity (Wildman–Crippen MR) is 127 cm³/mol. The van der Waals surface area contributed by atoms with E-state index in [1.54, 1.807) is 24.3 Å². The second-order valence-corrected chi connectivity index (χ2v) is 8.16. The molecule has 2 aromatic heterocycles. The van der Waals surface area contributed by atoms with Crippen molar-refractivity contribution in [2.45, 2.75) is 45.3 Å². The zero-order valence-electron chi connectivity index (χ0n) is 19.3. The van der Waals surface area contributed by atoms with Crippen molar-refractivity contribution in [3.8, 4) is 11.6 Å². The highest BCUT2D eigenvalue weighted by molar-refractivity contribution is 5.92. The second kappa shape index (κ2) is 10.2. The first kappa shape index (κ1) is 24.3. The van der Waals surface area contributed by atoms with E-state index in [9.17, 15) is 18.0 Å². The maximum absolute atomic E-state index is 12.7. The Labute approximate surface area is 200 Å². The molecule has 2 heterocycles. The van der Waals surface area contributed by atoms with Crippen molar-refractivity contribution in [1.82, 2.24) is 14.5 Å². The summed E-state index contributed by atoms with van der Waals surface area (Å²) in [5.41, 5.74) is 1.10. The van der Waals surface area contributed by atoms with E-state index in [0.717, 1.165) is 36.0 Å². The molecule has 1 amide bonds. The molecule has 9 heteroatoms. The molecule has 182 valence electrons. The van der Waals surface area contributed by atoms with Crippen molar-refractivity contribution in [1.29, 1.82) is 0 Å². The molecule has 0 aliphatic rings. The number of halogens is 3. The molecule has 0 aliphatic carbocycles. The van der Waals surface area contributed by atoms with Crippen LogP contribution in [0.15, 0.2) is 67.1 Å². The Hall–Kier alpha value is -3.88. The number of alkyl halides is 3. The monoisotopic (exact) mass is 482 g/mol. The SMILES string of the molecule is CCC(CC)n1ccc2c(Oc3ccc(NC(=O)Cc4ccc(C(F)(F)F)cc4)cc3)ncnc21. The number of carbonyl (C=O) groups is 1. The van der Waals surface area contributed by atoms with Crippen molar-refractivity contribution < 1.29 is 22.7 Å². The lowest BCUT2D eigenvalue weighted by molar-refractivity contribution is -0.137. The number of amides is 1. The maximum Gasteiger partial charge on any atom is 0.416 e. The number of aromatic nitrogens is 3. The zero-order valence-corrected chi connectivity index (χ0v) is 19.3. The first-order chi connectivity index (χ1) is 16.8. The van der Waals surface area contributed by atoms with Crippen LogP contribution in [0.1, 0.15) is 43.9 Å². The molecule has 0 bridgehead atoms. The van der Waals surface area contributed by atoms with Gasteiger partial charge < -0.3 is 14.6 Å². The Balaban J connectivity index is 1.40. The van der Waals surface area contributed by atoms with E-state index >= 15 is 0 Å². The van der Waals surface area contributed by atoms with E-state index in [1.165, 1.54) is 18.5 Å². The quantitative estimate of drug-likeness (QED) is 0.300. The standard InChI is InChI=1S/C26H25F3N4O2/c1-3-20(4-2)33-14-13-22-24(33)30-16-31-25(22)35-21-11-9-19(10-12-21)32-23(34)15-17-5-7-18(8-6-17)26(27,28)29/h5-14,16,20H,3-4,15H2,1-2H3,(H,32,34). The largest absolute Gasteiger partial charge is 0.438 e. The molecule has 4 rings (SSSR count). The topological polar surface area (TPSA) is 69.0 Å². The Kier molecular flexibility index (Phi) is 7.04. The minimum atomic E-state index is -4.40. The number of benzene rings is 2. The van der Waals surface area contributed by atoms with Crippen LogP contribution < -0.4 is 10.1 Å². The van der Waals surface area contributed by atoms with E-state index in [0.29, 0.717) is 28.9 Å². The first-order valence-electron chi connectivity index (χ1n) is 11.3. The van der Waals surface area contributed by atoms with E-state index in [2.05, 4.69) is 33.7 Å². The third-order valence-corrected chi connectivity index (χ3v) is 5.81. The summed E-state index contributed by atoms with van der Waals surface area (Å²) in [4.78, 5) is 21.0. The lowest BCUT2D eigenvalue weighted by atomic mass is 10.1. The molecule has 0 aliphatic heterocycles. The van der Waals surface area contributed by atoms with Crippen LogP contribution in [0, 0.1) is 0 Å². The fourth-order valence-corrected chi connectivity index (χ4v) is 3.93. The van der Waals surface area contributed by atoms with Gasteiger partial charge in [-0.15, -0.1) is 0 Å². The van der Waals surface area contributed by atoms with Gasteiger partial charge in [-0.3, -0.25) is 4.79 Å². The minimum Gasteiger partial charge on any atom is -0.438 e. The van der Waals surface area contributed by atoms with Gasteiger partial charge in [-0.05, 0) is 60.9 Å². The summed E-state index contributed by atoms with van der Waals surface area (Å²) < 4.78 is 46.2. The fourth-order valence-electron chi connectivity index (χ4n) is 3.93. The number of nitrogens with one attached hydrogen (secondary N) is 1. The number of carbonyl (C=O) groups excluding carboxylic acids is 1. The Bertz CT molecular complexity index is 1300. The van der Waals surface area contributed by atoms with Crippen molar-refractivity contribution in [3.05, 3.63) is 78.2 Å². The predicted octanol–water partition coefficient (Wildman–Crippen LogP) is 6.78. The smallest absolute Gasteiger partial charge is 0.416 e. The number of fused-ring (bicyclic) bond motifs is 1. The van der Waals surface area contributed by atoms with Gasteiger partial charge in [-0.25, -0.2) is 9.97 Å². The Morgan fingerprint density at radius 1 is 1.00 bits per heavy atom. The van der Waals surface area contributed by atoms with Gasteiger partial charge in [-0.2, -0.15) is 13.2 Å². The highest BCUT2D eigenvalue weighted by Crippen LogP contribution is 2.31. The average Bonchev–Trinajstić information content (AvgIpc) is 3.26. The number of rotatable bonds is 8. The third-order valence-electron chi connectivity index (χ3n) is 5.81. The van der Waals surface area contributed by atoms with Gasteiger partial charge in [0.2, 0.25) is 11.8 Å². The number of hydrogen-bond donors (Lipinski definition) is 1. The van der Waals surface area contributed by atoms with Crippen molar-refractivity contribution in [2.24, 2.45) is 0 Å².